The van der Waals surface area contributed by atoms with E-state index in [2.05, 4.69) is 0 Å². The van der Waals surface area contributed by atoms with Crippen LogP contribution in [0.1, 0.15) is 44.7 Å². The van der Waals surface area contributed by atoms with E-state index in [0.717, 1.165) is 24.2 Å². The molecule has 26 heavy (non-hydrogen) atoms. The monoisotopic (exact) mass is 376 g/mol. The van der Waals surface area contributed by atoms with E-state index in [1.165, 1.54) is 5.56 Å². The van der Waals surface area contributed by atoms with Crippen LogP contribution in [-0.2, 0) is 20.7 Å². The summed E-state index contributed by atoms with van der Waals surface area (Å²) in [5, 5.41) is 0. The molecule has 0 unspecified atom stereocenters. The van der Waals surface area contributed by atoms with Gasteiger partial charge >= 0.3 is 0 Å². The first-order valence-corrected chi connectivity index (χ1v) is 10.3. The molecule has 142 valence electrons. The normalized spacial score (nSPS) is 12.2. The topological polar surface area (TPSA) is 52.6 Å². The van der Waals surface area contributed by atoms with Crippen LogP contribution in [0.3, 0.4) is 0 Å². The Bertz CT molecular complexity index is 785. The zero-order chi connectivity index (χ0) is 19.2. The van der Waals surface area contributed by atoms with Gasteiger partial charge < -0.3 is 4.74 Å². The molecule has 0 saturated heterocycles. The second-order valence-electron chi connectivity index (χ2n) is 7.40. The molecule has 0 aromatic heterocycles. The predicted molar refractivity (Wildman–Crippen MR) is 104 cm³/mol. The Morgan fingerprint density at radius 1 is 0.885 bits per heavy atom. The summed E-state index contributed by atoms with van der Waals surface area (Å²) in [6.45, 7) is 8.17. The van der Waals surface area contributed by atoms with Crippen LogP contribution in [-0.4, -0.2) is 20.6 Å². The van der Waals surface area contributed by atoms with E-state index in [4.69, 9.17) is 8.92 Å². The minimum absolute atomic E-state index is 0.196. The summed E-state index contributed by atoms with van der Waals surface area (Å²) >= 11 is 0. The molecule has 0 spiro atoms. The molecule has 0 N–H and O–H groups in total. The van der Waals surface area contributed by atoms with E-state index in [0.29, 0.717) is 6.42 Å². The number of aryl methyl sites for hydroxylation is 2. The van der Waals surface area contributed by atoms with Crippen molar-refractivity contribution >= 4 is 10.1 Å². The van der Waals surface area contributed by atoms with Crippen LogP contribution in [0.15, 0.2) is 53.4 Å². The lowest BCUT2D eigenvalue weighted by Crippen LogP contribution is -2.22. The average Bonchev–Trinajstić information content (AvgIpc) is 2.55. The maximum absolute atomic E-state index is 12.1. The molecular weight excluding hydrogens is 348 g/mol. The van der Waals surface area contributed by atoms with Crippen LogP contribution in [0, 0.1) is 6.92 Å². The number of hydrogen-bond acceptors (Lipinski definition) is 4. The molecule has 4 nitrogen and oxygen atoms in total. The highest BCUT2D eigenvalue weighted by atomic mass is 32.2. The molecule has 0 saturated carbocycles. The Kier molecular flexibility index (Phi) is 6.84. The fraction of sp³-hybridized carbons (Fsp3) is 0.429. The zero-order valence-corrected chi connectivity index (χ0v) is 16.8. The van der Waals surface area contributed by atoms with Crippen LogP contribution in [0.5, 0.6) is 5.75 Å². The van der Waals surface area contributed by atoms with Gasteiger partial charge in [0.15, 0.2) is 0 Å². The lowest BCUT2D eigenvalue weighted by Gasteiger charge is -2.21. The van der Waals surface area contributed by atoms with Crippen molar-refractivity contribution < 1.29 is 17.3 Å². The minimum Gasteiger partial charge on any atom is -0.488 e. The predicted octanol–water partition coefficient (Wildman–Crippen LogP) is 4.90. The molecular formula is C21H28O4S. The molecule has 0 heterocycles. The summed E-state index contributed by atoms with van der Waals surface area (Å²) in [4.78, 5) is 0.206. The first kappa shape index (κ1) is 20.5. The van der Waals surface area contributed by atoms with Gasteiger partial charge in [0.1, 0.15) is 11.4 Å². The Morgan fingerprint density at radius 3 is 2.08 bits per heavy atom. The summed E-state index contributed by atoms with van der Waals surface area (Å²) in [5.41, 5.74) is 2.01. The van der Waals surface area contributed by atoms with Crippen LogP contribution in [0.4, 0.5) is 0 Å². The molecule has 2 aromatic rings. The van der Waals surface area contributed by atoms with Gasteiger partial charge in [0, 0.05) is 0 Å². The Balaban J connectivity index is 1.74. The smallest absolute Gasteiger partial charge is 0.296 e. The molecule has 0 bridgehead atoms. The molecule has 0 fully saturated rings. The van der Waals surface area contributed by atoms with Crippen LogP contribution in [0.2, 0.25) is 0 Å². The van der Waals surface area contributed by atoms with Crippen molar-refractivity contribution in [2.24, 2.45) is 0 Å². The minimum atomic E-state index is -3.66. The third-order valence-corrected chi connectivity index (χ3v) is 5.08. The van der Waals surface area contributed by atoms with Crippen molar-refractivity contribution in [3.05, 3.63) is 59.7 Å². The van der Waals surface area contributed by atoms with Gasteiger partial charge in [0.05, 0.1) is 11.5 Å². The molecule has 2 rings (SSSR count). The van der Waals surface area contributed by atoms with Crippen LogP contribution >= 0.6 is 0 Å². The first-order valence-electron chi connectivity index (χ1n) is 8.90. The summed E-state index contributed by atoms with van der Waals surface area (Å²) < 4.78 is 35.1. The van der Waals surface area contributed by atoms with Gasteiger partial charge in [-0.25, -0.2) is 0 Å². The fourth-order valence-corrected chi connectivity index (χ4v) is 3.39. The van der Waals surface area contributed by atoms with E-state index in [1.54, 1.807) is 24.3 Å². The number of unbranched alkanes of at least 4 members (excludes halogenated alkanes) is 1. The van der Waals surface area contributed by atoms with Gasteiger partial charge in [0.25, 0.3) is 10.1 Å². The van der Waals surface area contributed by atoms with E-state index < -0.39 is 10.1 Å². The molecule has 0 radical (unpaired) electrons. The van der Waals surface area contributed by atoms with Gasteiger partial charge in [-0.3, -0.25) is 4.18 Å². The van der Waals surface area contributed by atoms with Gasteiger partial charge in [-0.15, -0.1) is 0 Å². The standard InChI is InChI=1S/C21H28O4S/c1-17-8-14-20(15-9-17)26(22,23)24-16-6-5-7-18-10-12-19(13-11-18)25-21(2,3)4/h8-15H,5-7,16H2,1-4H3. The van der Waals surface area contributed by atoms with Crippen molar-refractivity contribution in [3.63, 3.8) is 0 Å². The molecule has 0 aliphatic carbocycles. The van der Waals surface area contributed by atoms with Crippen LogP contribution < -0.4 is 4.74 Å². The lowest BCUT2D eigenvalue weighted by atomic mass is 10.1. The number of hydrogen-bond donors (Lipinski definition) is 0. The third kappa shape index (κ3) is 6.81. The average molecular weight is 377 g/mol. The van der Waals surface area contributed by atoms with E-state index in [9.17, 15) is 8.42 Å². The van der Waals surface area contributed by atoms with Crippen LogP contribution in [0.25, 0.3) is 0 Å². The second-order valence-corrected chi connectivity index (χ2v) is 9.02. The second kappa shape index (κ2) is 8.69. The van der Waals surface area contributed by atoms with Crippen molar-refractivity contribution in [1.82, 2.24) is 0 Å². The van der Waals surface area contributed by atoms with Crippen molar-refractivity contribution in [1.29, 1.82) is 0 Å². The SMILES string of the molecule is Cc1ccc(S(=O)(=O)OCCCCc2ccc(OC(C)(C)C)cc2)cc1. The highest BCUT2D eigenvalue weighted by Crippen LogP contribution is 2.19. The molecule has 0 amide bonds. The summed E-state index contributed by atoms with van der Waals surface area (Å²) in [5.74, 6) is 0.855. The number of rotatable bonds is 8. The van der Waals surface area contributed by atoms with Gasteiger partial charge in [-0.1, -0.05) is 29.8 Å². The first-order chi connectivity index (χ1) is 12.2. The third-order valence-electron chi connectivity index (χ3n) is 3.76. The number of benzene rings is 2. The maximum atomic E-state index is 12.1. The molecule has 0 aliphatic rings. The largest absolute Gasteiger partial charge is 0.488 e. The van der Waals surface area contributed by atoms with Crippen molar-refractivity contribution in [3.8, 4) is 5.75 Å². The van der Waals surface area contributed by atoms with Gasteiger partial charge in [-0.2, -0.15) is 8.42 Å². The quantitative estimate of drug-likeness (QED) is 0.486. The van der Waals surface area contributed by atoms with Crippen molar-refractivity contribution in [2.75, 3.05) is 6.61 Å². The van der Waals surface area contributed by atoms with E-state index in [-0.39, 0.29) is 17.1 Å². The highest BCUT2D eigenvalue weighted by molar-refractivity contribution is 7.86. The van der Waals surface area contributed by atoms with Gasteiger partial charge in [-0.05, 0) is 76.8 Å². The van der Waals surface area contributed by atoms with E-state index >= 15 is 0 Å². The Labute approximate surface area is 157 Å². The summed E-state index contributed by atoms with van der Waals surface area (Å²) in [6.07, 6.45) is 2.43. The molecule has 0 aliphatic heterocycles. The molecule has 5 heteroatoms. The molecule has 2 aromatic carbocycles. The fourth-order valence-electron chi connectivity index (χ4n) is 2.45. The maximum Gasteiger partial charge on any atom is 0.296 e. The Hall–Kier alpha value is -1.85. The zero-order valence-electron chi connectivity index (χ0n) is 16.0. The highest BCUT2D eigenvalue weighted by Gasteiger charge is 2.14. The van der Waals surface area contributed by atoms with Gasteiger partial charge in [0.2, 0.25) is 0 Å². The summed E-state index contributed by atoms with van der Waals surface area (Å²) in [6, 6.07) is 14.7. The van der Waals surface area contributed by atoms with Crippen molar-refractivity contribution in [2.45, 2.75) is 57.5 Å². The van der Waals surface area contributed by atoms with E-state index in [1.807, 2.05) is 52.0 Å². The Morgan fingerprint density at radius 2 is 1.50 bits per heavy atom. The molecule has 0 atom stereocenters. The summed E-state index contributed by atoms with van der Waals surface area (Å²) in [7, 11) is -3.66. The lowest BCUT2D eigenvalue weighted by molar-refractivity contribution is 0.131. The number of ether oxygens (including phenoxy) is 1.